The minimum Gasteiger partial charge on any atom is -0.453 e. The summed E-state index contributed by atoms with van der Waals surface area (Å²) >= 11 is 0. The molecule has 0 amide bonds. The molecular weight excluding hydrogens is 262 g/mol. The average Bonchev–Trinajstić information content (AvgIpc) is 2.52. The minimum absolute atomic E-state index is 0.661. The van der Waals surface area contributed by atoms with Gasteiger partial charge in [0.05, 0.1) is 5.36 Å². The van der Waals surface area contributed by atoms with E-state index in [1.165, 1.54) is 0 Å². The Hall–Kier alpha value is -2.88. The number of aromatic nitrogens is 1. The average molecular weight is 275 g/mol. The number of fused-ring (bicyclic) bond motifs is 4. The predicted molar refractivity (Wildman–Crippen MR) is 84.0 cm³/mol. The Morgan fingerprint density at radius 2 is 1.86 bits per heavy atom. The molecule has 2 N–H and O–H groups in total. The number of anilines is 1. The van der Waals surface area contributed by atoms with Crippen molar-refractivity contribution in [2.75, 3.05) is 12.8 Å². The zero-order valence-corrected chi connectivity index (χ0v) is 11.5. The van der Waals surface area contributed by atoms with Gasteiger partial charge in [-0.3, -0.25) is 4.99 Å². The first-order chi connectivity index (χ1) is 10.3. The quantitative estimate of drug-likeness (QED) is 0.304. The molecule has 102 valence electrons. The Kier molecular flexibility index (Phi) is 2.44. The highest BCUT2D eigenvalue weighted by atomic mass is 16.3. The third kappa shape index (κ3) is 1.76. The lowest BCUT2D eigenvalue weighted by Gasteiger charge is -2.10. The zero-order valence-electron chi connectivity index (χ0n) is 11.5. The van der Waals surface area contributed by atoms with Gasteiger partial charge in [0.1, 0.15) is 11.2 Å². The standard InChI is InChI=1S/C17H13N3O/c1-19-14-9-16-17(12-5-3-2-4-11(12)14)20-13-7-6-10(18)8-15(13)21-16/h2-9H,18H2,1H3/b19-14-. The van der Waals surface area contributed by atoms with Crippen LogP contribution in [0, 0.1) is 0 Å². The molecule has 0 bridgehead atoms. The molecule has 0 fully saturated rings. The van der Waals surface area contributed by atoms with Gasteiger partial charge in [0.2, 0.25) is 0 Å². The molecule has 0 saturated carbocycles. The van der Waals surface area contributed by atoms with Crippen LogP contribution < -0.4 is 11.1 Å². The van der Waals surface area contributed by atoms with E-state index < -0.39 is 0 Å². The summed E-state index contributed by atoms with van der Waals surface area (Å²) in [6.07, 6.45) is 0. The van der Waals surface area contributed by atoms with Crippen molar-refractivity contribution in [3.05, 3.63) is 53.9 Å². The fourth-order valence-electron chi connectivity index (χ4n) is 2.64. The largest absolute Gasteiger partial charge is 0.453 e. The van der Waals surface area contributed by atoms with Gasteiger partial charge >= 0.3 is 0 Å². The van der Waals surface area contributed by atoms with Gasteiger partial charge in [-0.15, -0.1) is 0 Å². The molecule has 4 heteroatoms. The van der Waals surface area contributed by atoms with Crippen LogP contribution in [0.15, 0.2) is 57.9 Å². The topological polar surface area (TPSA) is 64.4 Å². The second-order valence-electron chi connectivity index (χ2n) is 4.95. The summed E-state index contributed by atoms with van der Waals surface area (Å²) in [6.45, 7) is 0. The van der Waals surface area contributed by atoms with Crippen LogP contribution in [0.3, 0.4) is 0 Å². The van der Waals surface area contributed by atoms with Gasteiger partial charge in [-0.2, -0.15) is 0 Å². The molecule has 4 nitrogen and oxygen atoms in total. The number of benzene rings is 3. The summed E-state index contributed by atoms with van der Waals surface area (Å²) in [5, 5.41) is 3.01. The van der Waals surface area contributed by atoms with E-state index in [1.54, 1.807) is 13.1 Å². The second kappa shape index (κ2) is 4.31. The smallest absolute Gasteiger partial charge is 0.155 e. The van der Waals surface area contributed by atoms with Gasteiger partial charge in [0, 0.05) is 35.6 Å². The van der Waals surface area contributed by atoms with Crippen molar-refractivity contribution in [3.8, 4) is 11.5 Å². The van der Waals surface area contributed by atoms with Gasteiger partial charge in [0.15, 0.2) is 11.3 Å². The molecule has 0 spiro atoms. The molecule has 1 aliphatic heterocycles. The lowest BCUT2D eigenvalue weighted by molar-refractivity contribution is 0.614. The number of hydrogen-bond donors (Lipinski definition) is 1. The highest BCUT2D eigenvalue weighted by molar-refractivity contribution is 5.96. The molecular formula is C17H13N3O. The van der Waals surface area contributed by atoms with Crippen molar-refractivity contribution in [2.45, 2.75) is 0 Å². The van der Waals surface area contributed by atoms with E-state index in [9.17, 15) is 0 Å². The Morgan fingerprint density at radius 1 is 1.05 bits per heavy atom. The maximum absolute atomic E-state index is 5.98. The van der Waals surface area contributed by atoms with E-state index in [0.717, 1.165) is 27.3 Å². The maximum atomic E-state index is 5.98. The van der Waals surface area contributed by atoms with Crippen molar-refractivity contribution in [3.63, 3.8) is 0 Å². The van der Waals surface area contributed by atoms with Crippen LogP contribution in [0.25, 0.3) is 33.3 Å². The van der Waals surface area contributed by atoms with Gasteiger partial charge in [-0.1, -0.05) is 24.3 Å². The Morgan fingerprint density at radius 3 is 2.67 bits per heavy atom. The second-order valence-corrected chi connectivity index (χ2v) is 4.95. The van der Waals surface area contributed by atoms with Crippen molar-refractivity contribution >= 4 is 27.6 Å². The summed E-state index contributed by atoms with van der Waals surface area (Å²) < 4.78 is 5.98. The molecule has 4 rings (SSSR count). The van der Waals surface area contributed by atoms with E-state index in [4.69, 9.17) is 15.1 Å². The van der Waals surface area contributed by atoms with Crippen LogP contribution in [-0.2, 0) is 0 Å². The highest BCUT2D eigenvalue weighted by Crippen LogP contribution is 2.30. The molecule has 0 saturated heterocycles. The van der Waals surface area contributed by atoms with Gasteiger partial charge in [-0.25, -0.2) is 4.98 Å². The SMILES string of the molecule is C/N=c1/cc2oc3cc(N)ccc3nc-2c2ccccc12. The van der Waals surface area contributed by atoms with Crippen LogP contribution in [0.1, 0.15) is 0 Å². The van der Waals surface area contributed by atoms with Crippen molar-refractivity contribution in [1.29, 1.82) is 0 Å². The molecule has 21 heavy (non-hydrogen) atoms. The number of rotatable bonds is 0. The van der Waals surface area contributed by atoms with Crippen LogP contribution in [0.5, 0.6) is 0 Å². The van der Waals surface area contributed by atoms with E-state index in [0.29, 0.717) is 17.0 Å². The minimum atomic E-state index is 0.661. The van der Waals surface area contributed by atoms with Crippen molar-refractivity contribution in [2.24, 2.45) is 4.99 Å². The zero-order chi connectivity index (χ0) is 14.4. The summed E-state index contributed by atoms with van der Waals surface area (Å²) in [5.41, 5.74) is 8.79. The summed E-state index contributed by atoms with van der Waals surface area (Å²) in [4.78, 5) is 9.07. The molecule has 2 aromatic rings. The molecule has 2 aliphatic rings. The van der Waals surface area contributed by atoms with E-state index in [-0.39, 0.29) is 0 Å². The molecule has 0 unspecified atom stereocenters. The van der Waals surface area contributed by atoms with Crippen molar-refractivity contribution < 1.29 is 4.42 Å². The van der Waals surface area contributed by atoms with Crippen LogP contribution in [-0.4, -0.2) is 12.0 Å². The van der Waals surface area contributed by atoms with Crippen LogP contribution in [0.4, 0.5) is 5.69 Å². The molecule has 0 atom stereocenters. The Balaban J connectivity index is 2.26. The third-order valence-corrected chi connectivity index (χ3v) is 3.64. The monoisotopic (exact) mass is 275 g/mol. The molecule has 1 heterocycles. The van der Waals surface area contributed by atoms with E-state index >= 15 is 0 Å². The third-order valence-electron chi connectivity index (χ3n) is 3.64. The number of nitrogens with two attached hydrogens (primary N) is 1. The summed E-state index contributed by atoms with van der Waals surface area (Å²) in [7, 11) is 1.78. The van der Waals surface area contributed by atoms with Crippen molar-refractivity contribution in [1.82, 2.24) is 4.98 Å². The van der Waals surface area contributed by atoms with E-state index in [2.05, 4.69) is 4.99 Å². The van der Waals surface area contributed by atoms with Crippen LogP contribution in [0.2, 0.25) is 0 Å². The van der Waals surface area contributed by atoms with Gasteiger partial charge in [-0.05, 0) is 12.1 Å². The maximum Gasteiger partial charge on any atom is 0.155 e. The number of nitrogen functional groups attached to an aromatic ring is 1. The Labute approximate surface area is 120 Å². The normalized spacial score (nSPS) is 12.5. The fourth-order valence-corrected chi connectivity index (χ4v) is 2.64. The first-order valence-corrected chi connectivity index (χ1v) is 6.71. The summed E-state index contributed by atoms with van der Waals surface area (Å²) in [5.74, 6) is 0.715. The first kappa shape index (κ1) is 11.9. The highest BCUT2D eigenvalue weighted by Gasteiger charge is 2.14. The molecule has 2 aromatic carbocycles. The molecule has 0 radical (unpaired) electrons. The number of nitrogens with zero attached hydrogens (tertiary/aromatic N) is 2. The fraction of sp³-hybridized carbons (Fsp3) is 0.0588. The lowest BCUT2D eigenvalue weighted by atomic mass is 10.0. The molecule has 1 aliphatic carbocycles. The first-order valence-electron chi connectivity index (χ1n) is 6.71. The Bertz CT molecular complexity index is 1020. The number of hydrogen-bond acceptors (Lipinski definition) is 4. The predicted octanol–water partition coefficient (Wildman–Crippen LogP) is 3.20. The lowest BCUT2D eigenvalue weighted by Crippen LogP contribution is -2.05. The van der Waals surface area contributed by atoms with Gasteiger partial charge in [0.25, 0.3) is 0 Å². The van der Waals surface area contributed by atoms with Gasteiger partial charge < -0.3 is 10.2 Å². The molecule has 0 aromatic heterocycles. The van der Waals surface area contributed by atoms with Crippen LogP contribution >= 0.6 is 0 Å². The van der Waals surface area contributed by atoms with E-state index in [1.807, 2.05) is 42.5 Å². The summed E-state index contributed by atoms with van der Waals surface area (Å²) in [6, 6.07) is 15.5.